The summed E-state index contributed by atoms with van der Waals surface area (Å²) in [6.45, 7) is 2.04. The lowest BCUT2D eigenvalue weighted by Crippen LogP contribution is -1.85. The Bertz CT molecular complexity index is 508. The van der Waals surface area contributed by atoms with Crippen LogP contribution in [0.2, 0.25) is 0 Å². The molecule has 15 heavy (non-hydrogen) atoms. The van der Waals surface area contributed by atoms with Gasteiger partial charge in [0.25, 0.3) is 0 Å². The zero-order valence-electron chi connectivity index (χ0n) is 9.07. The Hall–Kier alpha value is -1.54. The molecule has 1 aromatic carbocycles. The van der Waals surface area contributed by atoms with E-state index >= 15 is 0 Å². The second kappa shape index (κ2) is 3.91. The number of aromatic nitrogens is 1. The molecule has 0 aliphatic carbocycles. The molecule has 0 bridgehead atoms. The molecule has 0 saturated carbocycles. The topological polar surface area (TPSA) is 25.2 Å². The highest BCUT2D eigenvalue weighted by Crippen LogP contribution is 2.18. The van der Waals surface area contributed by atoms with Crippen LogP contribution in [0.5, 0.6) is 0 Å². The molecule has 0 unspecified atom stereocenters. The zero-order valence-corrected chi connectivity index (χ0v) is 9.07. The summed E-state index contributed by atoms with van der Waals surface area (Å²) >= 11 is 0. The Kier molecular flexibility index (Phi) is 2.60. The van der Waals surface area contributed by atoms with Crippen LogP contribution in [0.3, 0.4) is 0 Å². The van der Waals surface area contributed by atoms with Gasteiger partial charge in [-0.3, -0.25) is 0 Å². The summed E-state index contributed by atoms with van der Waals surface area (Å²) in [4.78, 5) is 0. The minimum absolute atomic E-state index is 0.118. The summed E-state index contributed by atoms with van der Waals surface area (Å²) < 4.78 is 2.10. The Morgan fingerprint density at radius 3 is 2.93 bits per heavy atom. The summed E-state index contributed by atoms with van der Waals surface area (Å²) in [5.41, 5.74) is 3.35. The summed E-state index contributed by atoms with van der Waals surface area (Å²) in [6.07, 6.45) is 4.06. The van der Waals surface area contributed by atoms with Crippen LogP contribution in [-0.4, -0.2) is 16.3 Å². The first-order valence-corrected chi connectivity index (χ1v) is 5.04. The van der Waals surface area contributed by atoms with E-state index in [4.69, 9.17) is 5.11 Å². The third-order valence-electron chi connectivity index (χ3n) is 2.57. The number of aliphatic hydroxyl groups excluding tert-OH is 1. The fraction of sp³-hybridized carbons (Fsp3) is 0.231. The SMILES string of the molecule is C/C(=C\c1ccc2c(ccn2C)c1)CO. The van der Waals surface area contributed by atoms with Crippen LogP contribution < -0.4 is 0 Å². The molecule has 0 amide bonds. The third-order valence-corrected chi connectivity index (χ3v) is 2.57. The van der Waals surface area contributed by atoms with Crippen molar-refractivity contribution >= 4 is 17.0 Å². The predicted molar refractivity (Wildman–Crippen MR) is 63.7 cm³/mol. The van der Waals surface area contributed by atoms with Gasteiger partial charge in [0, 0.05) is 24.1 Å². The molecule has 1 N–H and O–H groups in total. The van der Waals surface area contributed by atoms with E-state index in [1.54, 1.807) is 0 Å². The van der Waals surface area contributed by atoms with Gasteiger partial charge in [-0.05, 0) is 36.3 Å². The second-order valence-electron chi connectivity index (χ2n) is 3.89. The molecule has 0 spiro atoms. The number of aliphatic hydroxyl groups is 1. The van der Waals surface area contributed by atoms with E-state index < -0.39 is 0 Å². The van der Waals surface area contributed by atoms with E-state index in [1.165, 1.54) is 10.9 Å². The average Bonchev–Trinajstić information content (AvgIpc) is 2.60. The van der Waals surface area contributed by atoms with Crippen molar-refractivity contribution in [3.05, 3.63) is 41.6 Å². The lowest BCUT2D eigenvalue weighted by molar-refractivity contribution is 0.332. The monoisotopic (exact) mass is 201 g/mol. The maximum Gasteiger partial charge on any atom is 0.0642 e. The molecule has 0 fully saturated rings. The fourth-order valence-corrected chi connectivity index (χ4v) is 1.72. The molecule has 0 radical (unpaired) electrons. The lowest BCUT2D eigenvalue weighted by Gasteiger charge is -1.99. The molecular weight excluding hydrogens is 186 g/mol. The number of fused-ring (bicyclic) bond motifs is 1. The fourth-order valence-electron chi connectivity index (χ4n) is 1.72. The molecule has 78 valence electrons. The van der Waals surface area contributed by atoms with Crippen LogP contribution in [0.1, 0.15) is 12.5 Å². The van der Waals surface area contributed by atoms with Crippen LogP contribution in [0.25, 0.3) is 17.0 Å². The van der Waals surface area contributed by atoms with E-state index in [2.05, 4.69) is 35.0 Å². The van der Waals surface area contributed by atoms with Gasteiger partial charge in [-0.2, -0.15) is 0 Å². The van der Waals surface area contributed by atoms with Crippen molar-refractivity contribution in [1.29, 1.82) is 0 Å². The first-order chi connectivity index (χ1) is 7.20. The summed E-state index contributed by atoms with van der Waals surface area (Å²) in [5, 5.41) is 10.2. The molecular formula is C13H15NO. The van der Waals surface area contributed by atoms with E-state index in [0.717, 1.165) is 11.1 Å². The Labute approximate surface area is 89.5 Å². The van der Waals surface area contributed by atoms with Crippen molar-refractivity contribution < 1.29 is 5.11 Å². The standard InChI is InChI=1S/C13H15NO/c1-10(9-15)7-11-3-4-13-12(8-11)5-6-14(13)2/h3-8,15H,9H2,1-2H3/b10-7+. The summed E-state index contributed by atoms with van der Waals surface area (Å²) in [6, 6.07) is 8.41. The summed E-state index contributed by atoms with van der Waals surface area (Å²) in [7, 11) is 2.04. The largest absolute Gasteiger partial charge is 0.392 e. The van der Waals surface area contributed by atoms with Crippen molar-refractivity contribution in [2.45, 2.75) is 6.92 Å². The van der Waals surface area contributed by atoms with Crippen LogP contribution in [0, 0.1) is 0 Å². The maximum atomic E-state index is 8.94. The average molecular weight is 201 g/mol. The van der Waals surface area contributed by atoms with Crippen LogP contribution >= 0.6 is 0 Å². The number of rotatable bonds is 2. The highest BCUT2D eigenvalue weighted by Gasteiger charge is 1.98. The molecule has 2 aromatic rings. The first kappa shape index (κ1) is 9.99. The van der Waals surface area contributed by atoms with Crippen molar-refractivity contribution in [1.82, 2.24) is 4.57 Å². The van der Waals surface area contributed by atoms with Crippen molar-refractivity contribution in [3.8, 4) is 0 Å². The molecule has 2 heteroatoms. The molecule has 1 aromatic heterocycles. The van der Waals surface area contributed by atoms with E-state index in [0.29, 0.717) is 0 Å². The number of benzene rings is 1. The number of hydrogen-bond acceptors (Lipinski definition) is 1. The van der Waals surface area contributed by atoms with Crippen LogP contribution in [-0.2, 0) is 7.05 Å². The number of aryl methyl sites for hydroxylation is 1. The van der Waals surface area contributed by atoms with Gasteiger partial charge >= 0.3 is 0 Å². The minimum atomic E-state index is 0.118. The molecule has 0 aliphatic heterocycles. The highest BCUT2D eigenvalue weighted by molar-refractivity contribution is 5.82. The minimum Gasteiger partial charge on any atom is -0.392 e. The normalized spacial score (nSPS) is 12.3. The van der Waals surface area contributed by atoms with Gasteiger partial charge in [-0.15, -0.1) is 0 Å². The Morgan fingerprint density at radius 1 is 1.40 bits per heavy atom. The van der Waals surface area contributed by atoms with Crippen molar-refractivity contribution in [2.24, 2.45) is 7.05 Å². The number of nitrogens with zero attached hydrogens (tertiary/aromatic N) is 1. The highest BCUT2D eigenvalue weighted by atomic mass is 16.3. The summed E-state index contributed by atoms with van der Waals surface area (Å²) in [5.74, 6) is 0. The van der Waals surface area contributed by atoms with E-state index in [1.807, 2.05) is 20.0 Å². The molecule has 0 atom stereocenters. The molecule has 0 saturated heterocycles. The van der Waals surface area contributed by atoms with Crippen molar-refractivity contribution in [2.75, 3.05) is 6.61 Å². The van der Waals surface area contributed by atoms with Gasteiger partial charge in [0.2, 0.25) is 0 Å². The molecule has 0 aliphatic rings. The van der Waals surface area contributed by atoms with E-state index in [9.17, 15) is 0 Å². The lowest BCUT2D eigenvalue weighted by atomic mass is 10.1. The zero-order chi connectivity index (χ0) is 10.8. The van der Waals surface area contributed by atoms with Crippen LogP contribution in [0.4, 0.5) is 0 Å². The van der Waals surface area contributed by atoms with Gasteiger partial charge in [-0.25, -0.2) is 0 Å². The predicted octanol–water partition coefficient (Wildman–Crippen LogP) is 2.57. The first-order valence-electron chi connectivity index (χ1n) is 5.04. The number of hydrogen-bond donors (Lipinski definition) is 1. The van der Waals surface area contributed by atoms with Crippen molar-refractivity contribution in [3.63, 3.8) is 0 Å². The van der Waals surface area contributed by atoms with Crippen LogP contribution in [0.15, 0.2) is 36.0 Å². The van der Waals surface area contributed by atoms with E-state index in [-0.39, 0.29) is 6.61 Å². The quantitative estimate of drug-likeness (QED) is 0.793. The van der Waals surface area contributed by atoms with Gasteiger partial charge in [0.1, 0.15) is 0 Å². The Morgan fingerprint density at radius 2 is 2.20 bits per heavy atom. The third kappa shape index (κ3) is 1.95. The Balaban J connectivity index is 2.48. The molecule has 2 rings (SSSR count). The van der Waals surface area contributed by atoms with Gasteiger partial charge < -0.3 is 9.67 Å². The smallest absolute Gasteiger partial charge is 0.0642 e. The molecule has 2 nitrogen and oxygen atoms in total. The second-order valence-corrected chi connectivity index (χ2v) is 3.89. The van der Waals surface area contributed by atoms with Gasteiger partial charge in [-0.1, -0.05) is 12.1 Å². The maximum absolute atomic E-state index is 8.94. The molecule has 1 heterocycles. The van der Waals surface area contributed by atoms with Gasteiger partial charge in [0.15, 0.2) is 0 Å². The van der Waals surface area contributed by atoms with Gasteiger partial charge in [0.05, 0.1) is 6.61 Å².